The lowest BCUT2D eigenvalue weighted by molar-refractivity contribution is -0.00684. The van der Waals surface area contributed by atoms with Gasteiger partial charge in [-0.2, -0.15) is 0 Å². The second-order valence-electron chi connectivity index (χ2n) is 5.85. The number of hydrogen-bond donors (Lipinski definition) is 1. The van der Waals surface area contributed by atoms with Crippen LogP contribution in [0.1, 0.15) is 38.3 Å². The first kappa shape index (κ1) is 16.4. The van der Waals surface area contributed by atoms with Gasteiger partial charge in [-0.3, -0.25) is 4.90 Å². The molecule has 118 valence electrons. The van der Waals surface area contributed by atoms with Gasteiger partial charge in [0.05, 0.1) is 6.61 Å². The van der Waals surface area contributed by atoms with Gasteiger partial charge in [0.2, 0.25) is 0 Å². The molecule has 2 rings (SSSR count). The van der Waals surface area contributed by atoms with Crippen LogP contribution in [0.15, 0.2) is 24.3 Å². The Kier molecular flexibility index (Phi) is 6.15. The maximum absolute atomic E-state index is 14.0. The Morgan fingerprint density at radius 1 is 1.43 bits per heavy atom. The average molecular weight is 294 g/mol. The maximum atomic E-state index is 14.0. The zero-order valence-electron chi connectivity index (χ0n) is 13.3. The lowest BCUT2D eigenvalue weighted by Gasteiger charge is -2.41. The molecule has 21 heavy (non-hydrogen) atoms. The fourth-order valence-electron chi connectivity index (χ4n) is 3.01. The van der Waals surface area contributed by atoms with Crippen molar-refractivity contribution in [3.05, 3.63) is 35.6 Å². The molecule has 1 N–H and O–H groups in total. The smallest absolute Gasteiger partial charge is 0.127 e. The molecule has 1 saturated heterocycles. The quantitative estimate of drug-likeness (QED) is 0.873. The highest BCUT2D eigenvalue weighted by Crippen LogP contribution is 2.26. The number of rotatable bonds is 6. The van der Waals surface area contributed by atoms with Gasteiger partial charge in [0.15, 0.2) is 0 Å². The van der Waals surface area contributed by atoms with Crippen LogP contribution in [0, 0.1) is 5.82 Å². The molecule has 1 aliphatic rings. The molecular weight excluding hydrogens is 267 g/mol. The number of benzene rings is 1. The SMILES string of the molecule is CCCNC1CCOCC1N(C)C(C)c1ccccc1F. The van der Waals surface area contributed by atoms with E-state index in [4.69, 9.17) is 4.74 Å². The predicted octanol–water partition coefficient (Wildman–Crippen LogP) is 2.98. The summed E-state index contributed by atoms with van der Waals surface area (Å²) < 4.78 is 19.6. The van der Waals surface area contributed by atoms with E-state index in [-0.39, 0.29) is 17.9 Å². The van der Waals surface area contributed by atoms with Crippen LogP contribution in [0.4, 0.5) is 4.39 Å². The molecule has 0 amide bonds. The van der Waals surface area contributed by atoms with Crippen LogP contribution in [0.2, 0.25) is 0 Å². The molecule has 0 aliphatic carbocycles. The Hall–Kier alpha value is -0.970. The highest BCUT2D eigenvalue weighted by Gasteiger charge is 2.31. The van der Waals surface area contributed by atoms with Crippen LogP contribution in [0.3, 0.4) is 0 Å². The van der Waals surface area contributed by atoms with E-state index in [0.717, 1.165) is 31.6 Å². The van der Waals surface area contributed by atoms with Gasteiger partial charge in [0, 0.05) is 30.3 Å². The van der Waals surface area contributed by atoms with Crippen molar-refractivity contribution in [2.75, 3.05) is 26.8 Å². The van der Waals surface area contributed by atoms with Crippen molar-refractivity contribution in [1.29, 1.82) is 0 Å². The van der Waals surface area contributed by atoms with Gasteiger partial charge < -0.3 is 10.1 Å². The molecule has 1 fully saturated rings. The molecule has 0 saturated carbocycles. The van der Waals surface area contributed by atoms with Gasteiger partial charge in [0.25, 0.3) is 0 Å². The second-order valence-corrected chi connectivity index (χ2v) is 5.85. The van der Waals surface area contributed by atoms with Crippen LogP contribution in [0.25, 0.3) is 0 Å². The first-order valence-corrected chi connectivity index (χ1v) is 7.92. The molecule has 1 aromatic rings. The van der Waals surface area contributed by atoms with E-state index in [1.54, 1.807) is 6.07 Å². The minimum atomic E-state index is -0.133. The summed E-state index contributed by atoms with van der Waals surface area (Å²) in [5, 5.41) is 3.61. The summed E-state index contributed by atoms with van der Waals surface area (Å²) in [7, 11) is 2.07. The number of hydrogen-bond acceptors (Lipinski definition) is 3. The van der Waals surface area contributed by atoms with Gasteiger partial charge in [-0.15, -0.1) is 0 Å². The summed E-state index contributed by atoms with van der Waals surface area (Å²) in [6, 6.07) is 7.76. The van der Waals surface area contributed by atoms with Crippen molar-refractivity contribution in [2.24, 2.45) is 0 Å². The third-order valence-corrected chi connectivity index (χ3v) is 4.47. The lowest BCUT2D eigenvalue weighted by Crippen LogP contribution is -2.54. The summed E-state index contributed by atoms with van der Waals surface area (Å²) >= 11 is 0. The summed E-state index contributed by atoms with van der Waals surface area (Å²) in [6.45, 7) is 6.76. The number of nitrogens with one attached hydrogen (secondary N) is 1. The van der Waals surface area contributed by atoms with Crippen molar-refractivity contribution >= 4 is 0 Å². The molecule has 0 spiro atoms. The zero-order chi connectivity index (χ0) is 15.2. The van der Waals surface area contributed by atoms with Gasteiger partial charge in [-0.25, -0.2) is 4.39 Å². The largest absolute Gasteiger partial charge is 0.380 e. The van der Waals surface area contributed by atoms with E-state index in [9.17, 15) is 4.39 Å². The monoisotopic (exact) mass is 294 g/mol. The molecule has 3 nitrogen and oxygen atoms in total. The number of likely N-dealkylation sites (N-methyl/N-ethyl adjacent to an activating group) is 1. The van der Waals surface area contributed by atoms with Crippen molar-refractivity contribution in [2.45, 2.75) is 44.8 Å². The van der Waals surface area contributed by atoms with Crippen LogP contribution in [-0.4, -0.2) is 43.8 Å². The highest BCUT2D eigenvalue weighted by atomic mass is 19.1. The standard InChI is InChI=1S/C17H27FN2O/c1-4-10-19-16-9-11-21-12-17(16)20(3)13(2)14-7-5-6-8-15(14)18/h5-8,13,16-17,19H,4,9-12H2,1-3H3. The third-order valence-electron chi connectivity index (χ3n) is 4.47. The number of nitrogens with zero attached hydrogens (tertiary/aromatic N) is 1. The highest BCUT2D eigenvalue weighted by molar-refractivity contribution is 5.21. The Labute approximate surface area is 127 Å². The minimum absolute atomic E-state index is 0.0313. The molecule has 1 heterocycles. The minimum Gasteiger partial charge on any atom is -0.380 e. The zero-order valence-corrected chi connectivity index (χ0v) is 13.3. The molecule has 1 aromatic carbocycles. The molecule has 3 atom stereocenters. The molecule has 0 aromatic heterocycles. The summed E-state index contributed by atoms with van der Waals surface area (Å²) in [4.78, 5) is 2.24. The predicted molar refractivity (Wildman–Crippen MR) is 83.9 cm³/mol. The molecule has 0 radical (unpaired) electrons. The van der Waals surface area contributed by atoms with Crippen molar-refractivity contribution in [3.8, 4) is 0 Å². The van der Waals surface area contributed by atoms with E-state index in [1.165, 1.54) is 6.07 Å². The van der Waals surface area contributed by atoms with E-state index in [0.29, 0.717) is 12.6 Å². The molecule has 0 bridgehead atoms. The van der Waals surface area contributed by atoms with Crippen molar-refractivity contribution in [3.63, 3.8) is 0 Å². The first-order chi connectivity index (χ1) is 10.1. The first-order valence-electron chi connectivity index (χ1n) is 7.92. The molecule has 1 aliphatic heterocycles. The third kappa shape index (κ3) is 4.02. The Balaban J connectivity index is 2.09. The van der Waals surface area contributed by atoms with Gasteiger partial charge in [-0.1, -0.05) is 25.1 Å². The van der Waals surface area contributed by atoms with Gasteiger partial charge in [0.1, 0.15) is 5.82 Å². The van der Waals surface area contributed by atoms with E-state index >= 15 is 0 Å². The van der Waals surface area contributed by atoms with Gasteiger partial charge in [-0.05, 0) is 39.4 Å². The molecular formula is C17H27FN2O. The number of halogens is 1. The Morgan fingerprint density at radius 2 is 2.19 bits per heavy atom. The van der Waals surface area contributed by atoms with Crippen LogP contribution >= 0.6 is 0 Å². The summed E-state index contributed by atoms with van der Waals surface area (Å²) in [6.07, 6.45) is 2.13. The summed E-state index contributed by atoms with van der Waals surface area (Å²) in [5.74, 6) is -0.133. The summed E-state index contributed by atoms with van der Waals surface area (Å²) in [5.41, 5.74) is 0.750. The maximum Gasteiger partial charge on any atom is 0.127 e. The Morgan fingerprint density at radius 3 is 2.90 bits per heavy atom. The van der Waals surface area contributed by atoms with Gasteiger partial charge >= 0.3 is 0 Å². The van der Waals surface area contributed by atoms with Crippen molar-refractivity contribution in [1.82, 2.24) is 10.2 Å². The van der Waals surface area contributed by atoms with Crippen molar-refractivity contribution < 1.29 is 9.13 Å². The van der Waals surface area contributed by atoms with Crippen LogP contribution in [-0.2, 0) is 4.74 Å². The van der Waals surface area contributed by atoms with Crippen LogP contribution in [0.5, 0.6) is 0 Å². The Bertz CT molecular complexity index is 441. The average Bonchev–Trinajstić information content (AvgIpc) is 2.52. The van der Waals surface area contributed by atoms with E-state index < -0.39 is 0 Å². The molecule has 4 heteroatoms. The fourth-order valence-corrected chi connectivity index (χ4v) is 3.01. The normalized spacial score (nSPS) is 24.2. The topological polar surface area (TPSA) is 24.5 Å². The molecule has 3 unspecified atom stereocenters. The fraction of sp³-hybridized carbons (Fsp3) is 0.647. The number of ether oxygens (including phenoxy) is 1. The van der Waals surface area contributed by atoms with E-state index in [1.807, 2.05) is 12.1 Å². The second kappa shape index (κ2) is 7.87. The van der Waals surface area contributed by atoms with E-state index in [2.05, 4.69) is 31.1 Å². The lowest BCUT2D eigenvalue weighted by atomic mass is 9.98. The van der Waals surface area contributed by atoms with Crippen LogP contribution < -0.4 is 5.32 Å².